The monoisotopic (exact) mass is 356 g/mol. The number of alkyl halides is 1. The summed E-state index contributed by atoms with van der Waals surface area (Å²) in [7, 11) is 5.06. The molecule has 1 unspecified atom stereocenters. The van der Waals surface area contributed by atoms with Crippen molar-refractivity contribution >= 4 is 15.9 Å². The highest BCUT2D eigenvalue weighted by Gasteiger charge is 2.28. The summed E-state index contributed by atoms with van der Waals surface area (Å²) >= 11 is 3.91. The second-order valence-corrected chi connectivity index (χ2v) is 6.59. The van der Waals surface area contributed by atoms with E-state index >= 15 is 0 Å². The Morgan fingerprint density at radius 1 is 0.905 bits per heavy atom. The lowest BCUT2D eigenvalue weighted by atomic mass is 9.91. The Labute approximate surface area is 136 Å². The molecule has 0 bridgehead atoms. The smallest absolute Gasteiger partial charge is 0.130 e. The molecule has 0 amide bonds. The van der Waals surface area contributed by atoms with E-state index in [0.717, 1.165) is 22.8 Å². The zero-order valence-corrected chi connectivity index (χ0v) is 14.7. The van der Waals surface area contributed by atoms with Crippen LogP contribution in [0, 0.1) is 5.92 Å². The lowest BCUT2D eigenvalue weighted by Gasteiger charge is -2.25. The summed E-state index contributed by atoms with van der Waals surface area (Å²) in [4.78, 5) is 0.256. The zero-order chi connectivity index (χ0) is 15.2. The first-order valence-corrected chi connectivity index (χ1v) is 8.56. The van der Waals surface area contributed by atoms with Crippen LogP contribution in [0.15, 0.2) is 12.1 Å². The van der Waals surface area contributed by atoms with Crippen LogP contribution in [-0.2, 0) is 0 Å². The van der Waals surface area contributed by atoms with Crippen LogP contribution >= 0.6 is 15.9 Å². The second kappa shape index (κ2) is 7.92. The molecule has 21 heavy (non-hydrogen) atoms. The molecule has 3 nitrogen and oxygen atoms in total. The molecule has 0 aliphatic heterocycles. The van der Waals surface area contributed by atoms with E-state index in [1.165, 1.54) is 38.5 Å². The first-order chi connectivity index (χ1) is 10.2. The molecule has 1 aromatic carbocycles. The van der Waals surface area contributed by atoms with Gasteiger partial charge in [-0.15, -0.1) is 0 Å². The summed E-state index contributed by atoms with van der Waals surface area (Å²) in [5, 5.41) is 0. The first-order valence-electron chi connectivity index (χ1n) is 7.65. The molecule has 1 aliphatic rings. The molecular weight excluding hydrogens is 332 g/mol. The molecule has 1 saturated carbocycles. The lowest BCUT2D eigenvalue weighted by Crippen LogP contribution is -2.10. The van der Waals surface area contributed by atoms with Gasteiger partial charge in [0.05, 0.1) is 26.9 Å². The van der Waals surface area contributed by atoms with Crippen LogP contribution in [0.25, 0.3) is 0 Å². The van der Waals surface area contributed by atoms with Crippen LogP contribution in [-0.4, -0.2) is 21.3 Å². The largest absolute Gasteiger partial charge is 0.496 e. The van der Waals surface area contributed by atoms with Gasteiger partial charge in [0.2, 0.25) is 0 Å². The molecule has 0 heterocycles. The predicted octanol–water partition coefficient (Wildman–Crippen LogP) is 5.12. The normalized spacial score (nSPS) is 17.9. The van der Waals surface area contributed by atoms with E-state index in [1.54, 1.807) is 21.3 Å². The Bertz CT molecular complexity index is 428. The van der Waals surface area contributed by atoms with Gasteiger partial charge in [0, 0.05) is 17.0 Å². The second-order valence-electron chi connectivity index (χ2n) is 5.60. The highest BCUT2D eigenvalue weighted by Crippen LogP contribution is 2.48. The van der Waals surface area contributed by atoms with E-state index in [-0.39, 0.29) is 4.83 Å². The van der Waals surface area contributed by atoms with E-state index in [4.69, 9.17) is 14.2 Å². The number of hydrogen-bond donors (Lipinski definition) is 0. The average Bonchev–Trinajstić information content (AvgIpc) is 2.81. The summed E-state index contributed by atoms with van der Waals surface area (Å²) in [6.45, 7) is 0. The van der Waals surface area contributed by atoms with Gasteiger partial charge in [0.15, 0.2) is 0 Å². The Morgan fingerprint density at radius 2 is 1.43 bits per heavy atom. The van der Waals surface area contributed by atoms with E-state index in [1.807, 2.05) is 12.1 Å². The molecule has 2 rings (SSSR count). The number of ether oxygens (including phenoxy) is 3. The maximum Gasteiger partial charge on any atom is 0.130 e. The van der Waals surface area contributed by atoms with Gasteiger partial charge in [-0.05, 0) is 18.8 Å². The molecule has 0 radical (unpaired) electrons. The minimum Gasteiger partial charge on any atom is -0.496 e. The number of hydrogen-bond acceptors (Lipinski definition) is 3. The van der Waals surface area contributed by atoms with Gasteiger partial charge in [-0.2, -0.15) is 0 Å². The fraction of sp³-hybridized carbons (Fsp3) is 0.647. The molecule has 118 valence electrons. The highest BCUT2D eigenvalue weighted by atomic mass is 79.9. The van der Waals surface area contributed by atoms with E-state index in [0.29, 0.717) is 5.92 Å². The third kappa shape index (κ3) is 3.85. The van der Waals surface area contributed by atoms with Crippen molar-refractivity contribution < 1.29 is 14.2 Å². The summed E-state index contributed by atoms with van der Waals surface area (Å²) in [6, 6.07) is 3.87. The van der Waals surface area contributed by atoms with E-state index < -0.39 is 0 Å². The summed E-state index contributed by atoms with van der Waals surface area (Å²) < 4.78 is 16.5. The Balaban J connectivity index is 2.35. The van der Waals surface area contributed by atoms with Crippen molar-refractivity contribution in [3.8, 4) is 17.2 Å². The molecule has 1 fully saturated rings. The SMILES string of the molecule is COc1cc(OC)c(C(Br)C2CCCCCC2)c(OC)c1. The number of methoxy groups -OCH3 is 3. The number of halogens is 1. The Hall–Kier alpha value is -0.900. The highest BCUT2D eigenvalue weighted by molar-refractivity contribution is 9.09. The molecule has 0 saturated heterocycles. The van der Waals surface area contributed by atoms with E-state index in [9.17, 15) is 0 Å². The van der Waals surface area contributed by atoms with Crippen molar-refractivity contribution in [2.75, 3.05) is 21.3 Å². The molecule has 1 atom stereocenters. The van der Waals surface area contributed by atoms with Crippen molar-refractivity contribution in [3.63, 3.8) is 0 Å². The van der Waals surface area contributed by atoms with Crippen molar-refractivity contribution in [1.29, 1.82) is 0 Å². The van der Waals surface area contributed by atoms with E-state index in [2.05, 4.69) is 15.9 Å². The van der Waals surface area contributed by atoms with Crippen LogP contribution in [0.5, 0.6) is 17.2 Å². The van der Waals surface area contributed by atoms with Crippen LogP contribution < -0.4 is 14.2 Å². The Kier molecular flexibility index (Phi) is 6.22. The first kappa shape index (κ1) is 16.5. The van der Waals surface area contributed by atoms with Gasteiger partial charge in [-0.25, -0.2) is 0 Å². The van der Waals surface area contributed by atoms with Crippen LogP contribution in [0.4, 0.5) is 0 Å². The predicted molar refractivity (Wildman–Crippen MR) is 89.0 cm³/mol. The molecule has 0 N–H and O–H groups in total. The standard InChI is InChI=1S/C17H25BrO3/c1-19-13-10-14(20-2)16(15(11-13)21-3)17(18)12-8-6-4-5-7-9-12/h10-12,17H,4-9H2,1-3H3. The minimum absolute atomic E-state index is 0.256. The topological polar surface area (TPSA) is 27.7 Å². The number of benzene rings is 1. The number of rotatable bonds is 5. The molecule has 0 aromatic heterocycles. The van der Waals surface area contributed by atoms with Gasteiger partial charge in [-0.3, -0.25) is 0 Å². The maximum atomic E-state index is 5.58. The minimum atomic E-state index is 0.256. The maximum absolute atomic E-state index is 5.58. The van der Waals surface area contributed by atoms with Crippen molar-refractivity contribution in [3.05, 3.63) is 17.7 Å². The summed E-state index contributed by atoms with van der Waals surface area (Å²) in [5.41, 5.74) is 1.10. The quantitative estimate of drug-likeness (QED) is 0.541. The molecule has 1 aromatic rings. The van der Waals surface area contributed by atoms with Gasteiger partial charge in [0.1, 0.15) is 17.2 Å². The van der Waals surface area contributed by atoms with Crippen molar-refractivity contribution in [2.45, 2.75) is 43.4 Å². The lowest BCUT2D eigenvalue weighted by molar-refractivity contribution is 0.358. The molecule has 1 aliphatic carbocycles. The van der Waals surface area contributed by atoms with Crippen LogP contribution in [0.2, 0.25) is 0 Å². The average molecular weight is 357 g/mol. The van der Waals surface area contributed by atoms with Gasteiger partial charge < -0.3 is 14.2 Å². The zero-order valence-electron chi connectivity index (χ0n) is 13.2. The molecular formula is C17H25BrO3. The van der Waals surface area contributed by atoms with Gasteiger partial charge in [-0.1, -0.05) is 41.6 Å². The molecule has 4 heteroatoms. The van der Waals surface area contributed by atoms with Crippen LogP contribution in [0.3, 0.4) is 0 Å². The van der Waals surface area contributed by atoms with Crippen molar-refractivity contribution in [2.24, 2.45) is 5.92 Å². The van der Waals surface area contributed by atoms with Gasteiger partial charge in [0.25, 0.3) is 0 Å². The third-order valence-electron chi connectivity index (χ3n) is 4.34. The fourth-order valence-corrected chi connectivity index (χ4v) is 4.12. The fourth-order valence-electron chi connectivity index (χ4n) is 3.14. The van der Waals surface area contributed by atoms with Crippen LogP contribution in [0.1, 0.15) is 48.9 Å². The van der Waals surface area contributed by atoms with Crippen molar-refractivity contribution in [1.82, 2.24) is 0 Å². The summed E-state index contributed by atoms with van der Waals surface area (Å²) in [6.07, 6.45) is 7.85. The Morgan fingerprint density at radius 3 is 1.86 bits per heavy atom. The molecule has 0 spiro atoms. The third-order valence-corrected chi connectivity index (χ3v) is 5.55. The summed E-state index contributed by atoms with van der Waals surface area (Å²) in [5.74, 6) is 3.05. The van der Waals surface area contributed by atoms with Gasteiger partial charge >= 0.3 is 0 Å².